The average Bonchev–Trinajstić information content (AvgIpc) is 2.92. The second kappa shape index (κ2) is 13.4. The van der Waals surface area contributed by atoms with Crippen LogP contribution in [0.2, 0.25) is 0 Å². The molecule has 6 heteroatoms. The van der Waals surface area contributed by atoms with Crippen molar-refractivity contribution in [3.05, 3.63) is 124 Å². The van der Waals surface area contributed by atoms with E-state index in [0.29, 0.717) is 43.4 Å². The van der Waals surface area contributed by atoms with Gasteiger partial charge in [0.1, 0.15) is 19.0 Å². The van der Waals surface area contributed by atoms with Crippen LogP contribution in [0.1, 0.15) is 16.7 Å². The first-order valence-corrected chi connectivity index (χ1v) is 12.6. The van der Waals surface area contributed by atoms with Crippen molar-refractivity contribution in [2.75, 3.05) is 13.2 Å². The summed E-state index contributed by atoms with van der Waals surface area (Å²) in [5.41, 5.74) is 3.21. The first-order valence-electron chi connectivity index (χ1n) is 11.8. The van der Waals surface area contributed by atoms with Gasteiger partial charge in [0.15, 0.2) is 18.1 Å². The van der Waals surface area contributed by atoms with Gasteiger partial charge in [0, 0.05) is 11.0 Å². The van der Waals surface area contributed by atoms with E-state index < -0.39 is 0 Å². The monoisotopic (exact) mass is 545 g/mol. The molecule has 0 saturated carbocycles. The SMILES string of the molecule is O=C(COc1ccc(Br)cc1)NCCc1ccc(OCc2ccccc2)c(OCc2ccccc2)c1. The second-order valence-corrected chi connectivity index (χ2v) is 9.09. The molecule has 4 aromatic rings. The van der Waals surface area contributed by atoms with Gasteiger partial charge in [0.05, 0.1) is 0 Å². The molecule has 0 aliphatic rings. The largest absolute Gasteiger partial charge is 0.485 e. The zero-order valence-corrected chi connectivity index (χ0v) is 21.4. The number of halogens is 1. The van der Waals surface area contributed by atoms with Gasteiger partial charge in [0.25, 0.3) is 5.91 Å². The van der Waals surface area contributed by atoms with Crippen molar-refractivity contribution in [2.45, 2.75) is 19.6 Å². The number of hydrogen-bond acceptors (Lipinski definition) is 4. The number of hydrogen-bond donors (Lipinski definition) is 1. The molecular weight excluding hydrogens is 518 g/mol. The number of benzene rings is 4. The highest BCUT2D eigenvalue weighted by Crippen LogP contribution is 2.30. The molecule has 0 unspecified atom stereocenters. The molecule has 5 nitrogen and oxygen atoms in total. The summed E-state index contributed by atoms with van der Waals surface area (Å²) < 4.78 is 18.7. The highest BCUT2D eigenvalue weighted by molar-refractivity contribution is 9.10. The van der Waals surface area contributed by atoms with E-state index >= 15 is 0 Å². The van der Waals surface area contributed by atoms with Gasteiger partial charge in [-0.3, -0.25) is 4.79 Å². The molecule has 4 rings (SSSR count). The number of carbonyl (C=O) groups is 1. The van der Waals surface area contributed by atoms with Gasteiger partial charge in [-0.15, -0.1) is 0 Å². The van der Waals surface area contributed by atoms with Gasteiger partial charge < -0.3 is 19.5 Å². The highest BCUT2D eigenvalue weighted by Gasteiger charge is 2.09. The van der Waals surface area contributed by atoms with Crippen molar-refractivity contribution in [1.29, 1.82) is 0 Å². The van der Waals surface area contributed by atoms with Crippen LogP contribution in [0.15, 0.2) is 108 Å². The summed E-state index contributed by atoms with van der Waals surface area (Å²) in [5.74, 6) is 1.85. The minimum atomic E-state index is -0.165. The summed E-state index contributed by atoms with van der Waals surface area (Å²) in [7, 11) is 0. The van der Waals surface area contributed by atoms with Gasteiger partial charge in [0.2, 0.25) is 0 Å². The third kappa shape index (κ3) is 8.17. The fourth-order valence-corrected chi connectivity index (χ4v) is 3.75. The van der Waals surface area contributed by atoms with E-state index in [1.165, 1.54) is 0 Å². The van der Waals surface area contributed by atoms with Crippen LogP contribution < -0.4 is 19.5 Å². The van der Waals surface area contributed by atoms with Gasteiger partial charge in [-0.25, -0.2) is 0 Å². The molecule has 0 aliphatic carbocycles. The first kappa shape index (κ1) is 25.3. The molecule has 36 heavy (non-hydrogen) atoms. The summed E-state index contributed by atoms with van der Waals surface area (Å²) in [5, 5.41) is 2.91. The molecule has 0 atom stereocenters. The Labute approximate surface area is 220 Å². The fourth-order valence-electron chi connectivity index (χ4n) is 3.49. The van der Waals surface area contributed by atoms with Crippen LogP contribution in [0, 0.1) is 0 Å². The minimum absolute atomic E-state index is 0.0284. The number of ether oxygens (including phenoxy) is 3. The smallest absolute Gasteiger partial charge is 0.257 e. The van der Waals surface area contributed by atoms with E-state index in [1.54, 1.807) is 0 Å². The van der Waals surface area contributed by atoms with Crippen molar-refractivity contribution < 1.29 is 19.0 Å². The van der Waals surface area contributed by atoms with Crippen molar-refractivity contribution in [3.8, 4) is 17.2 Å². The molecule has 0 aliphatic heterocycles. The molecular formula is C30H28BrNO4. The Bertz CT molecular complexity index is 1230. The van der Waals surface area contributed by atoms with Gasteiger partial charge >= 0.3 is 0 Å². The predicted octanol–water partition coefficient (Wildman–Crippen LogP) is 6.34. The Balaban J connectivity index is 1.33. The molecule has 4 aromatic carbocycles. The van der Waals surface area contributed by atoms with Crippen molar-refractivity contribution in [1.82, 2.24) is 5.32 Å². The van der Waals surface area contributed by atoms with Crippen LogP contribution in [0.5, 0.6) is 17.2 Å². The Hall–Kier alpha value is -3.77. The first-order chi connectivity index (χ1) is 17.7. The maximum absolute atomic E-state index is 12.2. The number of nitrogens with one attached hydrogen (secondary N) is 1. The van der Waals surface area contributed by atoms with E-state index in [1.807, 2.05) is 103 Å². The Morgan fingerprint density at radius 1 is 0.667 bits per heavy atom. The minimum Gasteiger partial charge on any atom is -0.485 e. The fraction of sp³-hybridized carbons (Fsp3) is 0.167. The highest BCUT2D eigenvalue weighted by atomic mass is 79.9. The molecule has 184 valence electrons. The predicted molar refractivity (Wildman–Crippen MR) is 144 cm³/mol. The molecule has 1 amide bonds. The molecule has 0 radical (unpaired) electrons. The van der Waals surface area contributed by atoms with Crippen LogP contribution in [0.25, 0.3) is 0 Å². The molecule has 0 spiro atoms. The van der Waals surface area contributed by atoms with Crippen LogP contribution in [-0.4, -0.2) is 19.1 Å². The lowest BCUT2D eigenvalue weighted by Gasteiger charge is -2.15. The number of carbonyl (C=O) groups excluding carboxylic acids is 1. The van der Waals surface area contributed by atoms with Gasteiger partial charge in [-0.05, 0) is 59.5 Å². The Kier molecular flexibility index (Phi) is 9.39. The Morgan fingerprint density at radius 2 is 1.28 bits per heavy atom. The van der Waals surface area contributed by atoms with Crippen LogP contribution in [-0.2, 0) is 24.4 Å². The third-order valence-electron chi connectivity index (χ3n) is 5.40. The topological polar surface area (TPSA) is 56.8 Å². The molecule has 0 heterocycles. The van der Waals surface area contributed by atoms with E-state index in [2.05, 4.69) is 21.2 Å². The van der Waals surface area contributed by atoms with E-state index in [4.69, 9.17) is 14.2 Å². The maximum atomic E-state index is 12.2. The van der Waals surface area contributed by atoms with Crippen molar-refractivity contribution in [2.24, 2.45) is 0 Å². The lowest BCUT2D eigenvalue weighted by atomic mass is 10.1. The summed E-state index contributed by atoms with van der Waals surface area (Å²) in [6.45, 7) is 1.36. The zero-order chi connectivity index (χ0) is 25.0. The third-order valence-corrected chi connectivity index (χ3v) is 5.93. The van der Waals surface area contributed by atoms with E-state index in [-0.39, 0.29) is 12.5 Å². The molecule has 0 bridgehead atoms. The maximum Gasteiger partial charge on any atom is 0.257 e. The molecule has 1 N–H and O–H groups in total. The van der Waals surface area contributed by atoms with Crippen LogP contribution >= 0.6 is 15.9 Å². The summed E-state index contributed by atoms with van der Waals surface area (Å²) in [6.07, 6.45) is 0.657. The van der Waals surface area contributed by atoms with Crippen molar-refractivity contribution in [3.63, 3.8) is 0 Å². The molecule has 0 saturated heterocycles. The molecule has 0 fully saturated rings. The average molecular weight is 546 g/mol. The van der Waals surface area contributed by atoms with Crippen LogP contribution in [0.4, 0.5) is 0 Å². The summed E-state index contributed by atoms with van der Waals surface area (Å²) >= 11 is 3.38. The van der Waals surface area contributed by atoms with Gasteiger partial charge in [-0.2, -0.15) is 0 Å². The van der Waals surface area contributed by atoms with Crippen LogP contribution in [0.3, 0.4) is 0 Å². The van der Waals surface area contributed by atoms with E-state index in [0.717, 1.165) is 21.2 Å². The lowest BCUT2D eigenvalue weighted by Crippen LogP contribution is -2.30. The normalized spacial score (nSPS) is 10.5. The van der Waals surface area contributed by atoms with Crippen molar-refractivity contribution >= 4 is 21.8 Å². The molecule has 0 aromatic heterocycles. The summed E-state index contributed by atoms with van der Waals surface area (Å²) in [6, 6.07) is 33.3. The lowest BCUT2D eigenvalue weighted by molar-refractivity contribution is -0.123. The second-order valence-electron chi connectivity index (χ2n) is 8.17. The number of rotatable bonds is 12. The Morgan fingerprint density at radius 3 is 1.92 bits per heavy atom. The zero-order valence-electron chi connectivity index (χ0n) is 19.9. The quantitative estimate of drug-likeness (QED) is 0.225. The number of amides is 1. The standard InChI is InChI=1S/C30H28BrNO4/c31-26-12-14-27(15-13-26)34-22-30(33)32-18-17-23-11-16-28(35-20-24-7-3-1-4-8-24)29(19-23)36-21-25-9-5-2-6-10-25/h1-16,19H,17-18,20-22H2,(H,32,33). The van der Waals surface area contributed by atoms with E-state index in [9.17, 15) is 4.79 Å². The van der Waals surface area contributed by atoms with Gasteiger partial charge in [-0.1, -0.05) is 82.7 Å². The summed E-state index contributed by atoms with van der Waals surface area (Å²) in [4.78, 5) is 12.2.